The lowest BCUT2D eigenvalue weighted by Crippen LogP contribution is -2.52. The van der Waals surface area contributed by atoms with Crippen molar-refractivity contribution < 1.29 is 34.4 Å². The summed E-state index contributed by atoms with van der Waals surface area (Å²) in [5.41, 5.74) is 2.88. The van der Waals surface area contributed by atoms with E-state index in [1.165, 1.54) is 11.1 Å². The number of aliphatic hydroxyl groups is 1. The fourth-order valence-electron chi connectivity index (χ4n) is 4.03. The molecule has 2 heterocycles. The number of fused-ring (bicyclic) bond motifs is 2. The molecule has 182 valence electrons. The van der Waals surface area contributed by atoms with Crippen LogP contribution in [0.15, 0.2) is 54.6 Å². The zero-order chi connectivity index (χ0) is 24.7. The van der Waals surface area contributed by atoms with E-state index in [4.69, 9.17) is 19.7 Å². The lowest BCUT2D eigenvalue weighted by molar-refractivity contribution is -0.134. The molecule has 0 radical (unpaired) electrons. The Bertz CT molecular complexity index is 1020. The van der Waals surface area contributed by atoms with Gasteiger partial charge in [0.1, 0.15) is 23.2 Å². The number of aliphatic hydroxyl groups excluding tert-OH is 1. The summed E-state index contributed by atoms with van der Waals surface area (Å²) in [5, 5.41) is 30.1. The number of aryl methyl sites for hydroxylation is 1. The third kappa shape index (κ3) is 6.59. The fraction of sp³-hybridized carbons (Fsp3) is 0.385. The van der Waals surface area contributed by atoms with Crippen molar-refractivity contribution in [2.24, 2.45) is 0 Å². The van der Waals surface area contributed by atoms with Crippen molar-refractivity contribution in [1.29, 1.82) is 0 Å². The Hall–Kier alpha value is -3.36. The van der Waals surface area contributed by atoms with E-state index in [9.17, 15) is 14.7 Å². The van der Waals surface area contributed by atoms with Crippen LogP contribution in [0.5, 0.6) is 11.5 Å². The molecule has 2 unspecified atom stereocenters. The topological polar surface area (TPSA) is 125 Å². The van der Waals surface area contributed by atoms with Gasteiger partial charge < -0.3 is 30.1 Å². The summed E-state index contributed by atoms with van der Waals surface area (Å²) < 4.78 is 11.9. The molecule has 2 atom stereocenters. The Balaban J connectivity index is 0.000000350. The van der Waals surface area contributed by atoms with Crippen molar-refractivity contribution in [2.45, 2.75) is 50.9 Å². The van der Waals surface area contributed by atoms with Crippen molar-refractivity contribution in [1.82, 2.24) is 5.32 Å². The van der Waals surface area contributed by atoms with Crippen molar-refractivity contribution in [3.63, 3.8) is 0 Å². The molecule has 0 bridgehead atoms. The van der Waals surface area contributed by atoms with Gasteiger partial charge in [-0.25, -0.2) is 9.59 Å². The number of benzene rings is 2. The highest BCUT2D eigenvalue weighted by atomic mass is 16.5. The van der Waals surface area contributed by atoms with E-state index in [0.717, 1.165) is 49.5 Å². The van der Waals surface area contributed by atoms with E-state index < -0.39 is 23.6 Å². The average molecular weight is 470 g/mol. The molecular weight excluding hydrogens is 438 g/mol. The Morgan fingerprint density at radius 2 is 1.76 bits per heavy atom. The lowest BCUT2D eigenvalue weighted by Gasteiger charge is -2.43. The first-order valence-electron chi connectivity index (χ1n) is 11.3. The molecule has 8 heteroatoms. The van der Waals surface area contributed by atoms with Crippen LogP contribution in [0.4, 0.5) is 0 Å². The summed E-state index contributed by atoms with van der Waals surface area (Å²) >= 11 is 0. The summed E-state index contributed by atoms with van der Waals surface area (Å²) in [6, 6.07) is 14.4. The minimum atomic E-state index is -1.26. The molecule has 0 aliphatic carbocycles. The predicted octanol–water partition coefficient (Wildman–Crippen LogP) is 3.13. The van der Waals surface area contributed by atoms with Crippen molar-refractivity contribution in [3.8, 4) is 11.5 Å². The number of carboxylic acid groups (broad SMARTS) is 2. The normalized spacial score (nSPS) is 20.1. The number of carbonyl (C=O) groups is 2. The van der Waals surface area contributed by atoms with E-state index in [1.807, 2.05) is 26.0 Å². The van der Waals surface area contributed by atoms with Crippen molar-refractivity contribution in [2.75, 3.05) is 13.2 Å². The number of rotatable bonds is 6. The number of hydrogen-bond acceptors (Lipinski definition) is 6. The highest BCUT2D eigenvalue weighted by Crippen LogP contribution is 2.43. The molecule has 4 N–H and O–H groups in total. The number of carboxylic acids is 2. The molecule has 34 heavy (non-hydrogen) atoms. The van der Waals surface area contributed by atoms with Gasteiger partial charge in [0.25, 0.3) is 0 Å². The first kappa shape index (κ1) is 25.3. The van der Waals surface area contributed by atoms with Gasteiger partial charge in [0.05, 0.1) is 12.6 Å². The van der Waals surface area contributed by atoms with Crippen molar-refractivity contribution in [3.05, 3.63) is 71.3 Å². The minimum absolute atomic E-state index is 0.148. The highest BCUT2D eigenvalue weighted by molar-refractivity contribution is 5.89. The third-order valence-electron chi connectivity index (χ3n) is 5.77. The monoisotopic (exact) mass is 469 g/mol. The van der Waals surface area contributed by atoms with E-state index in [1.54, 1.807) is 0 Å². The SMILES string of the molecule is CC1(C)Oc2cc3c(cc2C(NCCc2ccccc2)C1O)CCCO3.O=C(O)/C=C\C(=O)O. The van der Waals surface area contributed by atoms with Crippen LogP contribution >= 0.6 is 0 Å². The lowest BCUT2D eigenvalue weighted by atomic mass is 9.85. The quantitative estimate of drug-likeness (QED) is 0.476. The van der Waals surface area contributed by atoms with Crippen LogP contribution in [0.25, 0.3) is 0 Å². The van der Waals surface area contributed by atoms with E-state index in [2.05, 4.69) is 35.6 Å². The Morgan fingerprint density at radius 1 is 1.09 bits per heavy atom. The number of ether oxygens (including phenoxy) is 2. The number of hydrogen-bond donors (Lipinski definition) is 4. The average Bonchev–Trinajstić information content (AvgIpc) is 2.80. The van der Waals surface area contributed by atoms with Gasteiger partial charge in [0, 0.05) is 23.8 Å². The van der Waals surface area contributed by atoms with Gasteiger partial charge in [-0.05, 0) is 56.8 Å². The molecule has 2 aliphatic rings. The van der Waals surface area contributed by atoms with E-state index in [0.29, 0.717) is 12.2 Å². The third-order valence-corrected chi connectivity index (χ3v) is 5.77. The summed E-state index contributed by atoms with van der Waals surface area (Å²) in [6.07, 6.45) is 3.47. The first-order chi connectivity index (χ1) is 16.2. The van der Waals surface area contributed by atoms with Crippen LogP contribution in [0.2, 0.25) is 0 Å². The van der Waals surface area contributed by atoms with Crippen LogP contribution < -0.4 is 14.8 Å². The van der Waals surface area contributed by atoms with Gasteiger partial charge >= 0.3 is 11.9 Å². The maximum atomic E-state index is 10.9. The van der Waals surface area contributed by atoms with Gasteiger partial charge in [0.15, 0.2) is 0 Å². The summed E-state index contributed by atoms with van der Waals surface area (Å²) in [6.45, 7) is 5.44. The van der Waals surface area contributed by atoms with Crippen LogP contribution in [0.3, 0.4) is 0 Å². The summed E-state index contributed by atoms with van der Waals surface area (Å²) in [7, 11) is 0. The number of aliphatic carboxylic acids is 2. The van der Waals surface area contributed by atoms with Gasteiger partial charge in [0.2, 0.25) is 0 Å². The fourth-order valence-corrected chi connectivity index (χ4v) is 4.03. The largest absolute Gasteiger partial charge is 0.493 e. The zero-order valence-corrected chi connectivity index (χ0v) is 19.4. The molecule has 0 fully saturated rings. The molecule has 0 spiro atoms. The molecule has 0 aromatic heterocycles. The summed E-state index contributed by atoms with van der Waals surface area (Å²) in [4.78, 5) is 19.1. The molecule has 2 aromatic carbocycles. The molecule has 0 amide bonds. The maximum absolute atomic E-state index is 10.9. The van der Waals surface area contributed by atoms with E-state index >= 15 is 0 Å². The second kappa shape index (κ2) is 11.2. The predicted molar refractivity (Wildman–Crippen MR) is 126 cm³/mol. The molecule has 2 aromatic rings. The van der Waals surface area contributed by atoms with Gasteiger partial charge in [-0.2, -0.15) is 0 Å². The van der Waals surface area contributed by atoms with Crippen LogP contribution in [-0.4, -0.2) is 52.1 Å². The van der Waals surface area contributed by atoms with Gasteiger partial charge in [-0.15, -0.1) is 0 Å². The molecule has 0 saturated carbocycles. The number of nitrogens with one attached hydrogen (secondary N) is 1. The minimum Gasteiger partial charge on any atom is -0.493 e. The Labute approximate surface area is 198 Å². The van der Waals surface area contributed by atoms with Crippen LogP contribution in [0.1, 0.15) is 43.0 Å². The smallest absolute Gasteiger partial charge is 0.328 e. The first-order valence-corrected chi connectivity index (χ1v) is 11.3. The molecular formula is C26H31NO7. The summed E-state index contributed by atoms with van der Waals surface area (Å²) in [5.74, 6) is -0.775. The van der Waals surface area contributed by atoms with Gasteiger partial charge in [-0.3, -0.25) is 0 Å². The van der Waals surface area contributed by atoms with Crippen LogP contribution in [-0.2, 0) is 22.4 Å². The van der Waals surface area contributed by atoms with Crippen molar-refractivity contribution >= 4 is 11.9 Å². The molecule has 8 nitrogen and oxygen atoms in total. The molecule has 0 saturated heterocycles. The Morgan fingerprint density at radius 3 is 2.41 bits per heavy atom. The maximum Gasteiger partial charge on any atom is 0.328 e. The Kier molecular flexibility index (Phi) is 8.31. The van der Waals surface area contributed by atoms with E-state index in [-0.39, 0.29) is 6.04 Å². The molecule has 4 rings (SSSR count). The zero-order valence-electron chi connectivity index (χ0n) is 19.4. The van der Waals surface area contributed by atoms with Gasteiger partial charge in [-0.1, -0.05) is 30.3 Å². The standard InChI is InChI=1S/C22H27NO3.C4H4O4/c1-22(2)21(24)20(23-11-10-15-7-4-3-5-8-15)17-13-16-9-6-12-25-18(16)14-19(17)26-22;5-3(6)1-2-4(7)8/h3-5,7-8,13-14,20-21,23-24H,6,9-12H2,1-2H3;1-2H,(H,5,6)(H,7,8)/b;2-1-. The second-order valence-electron chi connectivity index (χ2n) is 8.78. The van der Waals surface area contributed by atoms with Crippen LogP contribution in [0, 0.1) is 0 Å². The second-order valence-corrected chi connectivity index (χ2v) is 8.78. The molecule has 2 aliphatic heterocycles. The highest BCUT2D eigenvalue weighted by Gasteiger charge is 2.43.